The molecule has 7 heteroatoms. The van der Waals surface area contributed by atoms with Gasteiger partial charge in [-0.15, -0.1) is 10.2 Å². The fourth-order valence-electron chi connectivity index (χ4n) is 1.26. The van der Waals surface area contributed by atoms with Crippen molar-refractivity contribution >= 4 is 35.0 Å². The minimum absolute atomic E-state index is 0.00836. The minimum atomic E-state index is -0.00836. The normalized spacial score (nSPS) is 12.7. The van der Waals surface area contributed by atoms with Crippen molar-refractivity contribution in [2.75, 3.05) is 0 Å². The molecule has 1 heterocycles. The summed E-state index contributed by atoms with van der Waals surface area (Å²) in [5.41, 5.74) is 4.80. The van der Waals surface area contributed by atoms with Crippen LogP contribution >= 0.6 is 35.0 Å². The number of nitrogens with zero attached hydrogens (tertiary/aromatic N) is 2. The molecule has 1 aromatic heterocycles. The van der Waals surface area contributed by atoms with Crippen LogP contribution in [-0.2, 0) is 5.75 Å². The summed E-state index contributed by atoms with van der Waals surface area (Å²) in [6.07, 6.45) is 0. The third-order valence-corrected chi connectivity index (χ3v) is 3.66. The van der Waals surface area contributed by atoms with Gasteiger partial charge in [0.25, 0.3) is 11.1 Å². The van der Waals surface area contributed by atoms with Crippen LogP contribution in [0.25, 0.3) is 0 Å². The second-order valence-electron chi connectivity index (χ2n) is 3.83. The summed E-state index contributed by atoms with van der Waals surface area (Å²) in [5, 5.41) is 9.63. The summed E-state index contributed by atoms with van der Waals surface area (Å²) < 4.78 is 5.44. The van der Waals surface area contributed by atoms with Crippen LogP contribution in [0.5, 0.6) is 0 Å². The highest BCUT2D eigenvalue weighted by Crippen LogP contribution is 2.28. The van der Waals surface area contributed by atoms with Crippen molar-refractivity contribution in [1.82, 2.24) is 10.2 Å². The molecule has 0 aliphatic rings. The van der Waals surface area contributed by atoms with Crippen LogP contribution in [0.3, 0.4) is 0 Å². The van der Waals surface area contributed by atoms with Crippen molar-refractivity contribution in [2.45, 2.75) is 23.9 Å². The molecule has 0 radical (unpaired) electrons. The third kappa shape index (κ3) is 3.38. The van der Waals surface area contributed by atoms with E-state index in [0.29, 0.717) is 26.9 Å². The lowest BCUT2D eigenvalue weighted by Crippen LogP contribution is -2.51. The van der Waals surface area contributed by atoms with Gasteiger partial charge in [0.2, 0.25) is 0 Å². The zero-order valence-corrected chi connectivity index (χ0v) is 12.0. The summed E-state index contributed by atoms with van der Waals surface area (Å²) in [4.78, 5) is 0. The molecule has 0 aliphatic carbocycles. The second-order valence-corrected chi connectivity index (χ2v) is 5.60. The third-order valence-electron chi connectivity index (χ3n) is 2.21. The second kappa shape index (κ2) is 5.93. The summed E-state index contributed by atoms with van der Waals surface area (Å²) >= 11 is 13.3. The van der Waals surface area contributed by atoms with Gasteiger partial charge in [-0.1, -0.05) is 41.0 Å². The first kappa shape index (κ1) is 13.7. The highest BCUT2D eigenvalue weighted by atomic mass is 35.5. The Morgan fingerprint density at radius 1 is 1.39 bits per heavy atom. The van der Waals surface area contributed by atoms with Crippen LogP contribution < -0.4 is 5.73 Å². The molecule has 0 bridgehead atoms. The number of aromatic nitrogens is 2. The van der Waals surface area contributed by atoms with E-state index < -0.39 is 0 Å². The first-order valence-corrected chi connectivity index (χ1v) is 7.03. The van der Waals surface area contributed by atoms with Gasteiger partial charge in [0, 0.05) is 15.8 Å². The predicted molar refractivity (Wildman–Crippen MR) is 71.6 cm³/mol. The maximum atomic E-state index is 6.08. The molecule has 18 heavy (non-hydrogen) atoms. The molecule has 0 spiro atoms. The number of thioether (sulfide) groups is 1. The van der Waals surface area contributed by atoms with Gasteiger partial charge >= 0.3 is 0 Å². The van der Waals surface area contributed by atoms with Gasteiger partial charge in [-0.2, -0.15) is 0 Å². The molecular formula is C11H12Cl2N3OS+. The molecule has 1 atom stereocenters. The van der Waals surface area contributed by atoms with E-state index >= 15 is 0 Å². The quantitative estimate of drug-likeness (QED) is 0.882. The van der Waals surface area contributed by atoms with Gasteiger partial charge in [0.1, 0.15) is 0 Å². The molecule has 2 rings (SSSR count). The zero-order chi connectivity index (χ0) is 13.1. The van der Waals surface area contributed by atoms with Gasteiger partial charge in [-0.3, -0.25) is 0 Å². The van der Waals surface area contributed by atoms with E-state index in [4.69, 9.17) is 27.6 Å². The van der Waals surface area contributed by atoms with E-state index in [9.17, 15) is 0 Å². The van der Waals surface area contributed by atoms with E-state index in [2.05, 4.69) is 15.9 Å². The standard InChI is InChI=1S/C11H11Cl2N3OS/c1-6(14)10-15-16-11(17-10)18-5-7-2-3-8(12)4-9(7)13/h2-4,6H,5,14H2,1H3/p+1. The van der Waals surface area contributed by atoms with Crippen molar-refractivity contribution in [1.29, 1.82) is 0 Å². The number of hydrogen-bond donors (Lipinski definition) is 1. The Labute approximate surface area is 119 Å². The highest BCUT2D eigenvalue weighted by molar-refractivity contribution is 7.98. The molecule has 0 saturated heterocycles. The van der Waals surface area contributed by atoms with E-state index in [-0.39, 0.29) is 6.04 Å². The van der Waals surface area contributed by atoms with Crippen LogP contribution in [0.2, 0.25) is 10.0 Å². The molecule has 0 aliphatic heterocycles. The molecule has 3 N–H and O–H groups in total. The average molecular weight is 305 g/mol. The molecule has 1 unspecified atom stereocenters. The molecule has 4 nitrogen and oxygen atoms in total. The number of quaternary nitrogens is 1. The molecule has 0 amide bonds. The van der Waals surface area contributed by atoms with Gasteiger partial charge in [-0.25, -0.2) is 0 Å². The number of rotatable bonds is 4. The van der Waals surface area contributed by atoms with E-state index in [1.165, 1.54) is 11.8 Å². The predicted octanol–water partition coefficient (Wildman–Crippen LogP) is 2.97. The number of benzene rings is 1. The lowest BCUT2D eigenvalue weighted by atomic mass is 10.2. The highest BCUT2D eigenvalue weighted by Gasteiger charge is 2.13. The SMILES string of the molecule is CC([NH3+])c1nnc(SCc2ccc(Cl)cc2Cl)o1. The average Bonchev–Trinajstić information content (AvgIpc) is 2.76. The lowest BCUT2D eigenvalue weighted by Gasteiger charge is -2.02. The van der Waals surface area contributed by atoms with Crippen molar-refractivity contribution in [3.63, 3.8) is 0 Å². The fourth-order valence-corrected chi connectivity index (χ4v) is 2.58. The van der Waals surface area contributed by atoms with E-state index in [0.717, 1.165) is 5.56 Å². The van der Waals surface area contributed by atoms with Crippen molar-refractivity contribution in [2.24, 2.45) is 0 Å². The van der Waals surface area contributed by atoms with Crippen LogP contribution in [0, 0.1) is 0 Å². The fraction of sp³-hybridized carbons (Fsp3) is 0.273. The van der Waals surface area contributed by atoms with Crippen LogP contribution in [0.4, 0.5) is 0 Å². The monoisotopic (exact) mass is 304 g/mol. The largest absolute Gasteiger partial charge is 0.410 e. The topological polar surface area (TPSA) is 66.6 Å². The van der Waals surface area contributed by atoms with E-state index in [1.54, 1.807) is 12.1 Å². The Kier molecular flexibility index (Phi) is 4.50. The molecule has 0 saturated carbocycles. The van der Waals surface area contributed by atoms with Crippen LogP contribution in [-0.4, -0.2) is 10.2 Å². The first-order chi connectivity index (χ1) is 8.56. The van der Waals surface area contributed by atoms with Gasteiger partial charge in [0.05, 0.1) is 0 Å². The first-order valence-electron chi connectivity index (χ1n) is 5.29. The maximum Gasteiger partial charge on any atom is 0.277 e. The Bertz CT molecular complexity index is 545. The van der Waals surface area contributed by atoms with Crippen molar-refractivity contribution in [3.8, 4) is 0 Å². The lowest BCUT2D eigenvalue weighted by molar-refractivity contribution is -0.425. The smallest absolute Gasteiger partial charge is 0.277 e. The summed E-state index contributed by atoms with van der Waals surface area (Å²) in [6, 6.07) is 5.40. The molecular weight excluding hydrogens is 293 g/mol. The van der Waals surface area contributed by atoms with Crippen molar-refractivity contribution in [3.05, 3.63) is 39.7 Å². The number of hydrogen-bond acceptors (Lipinski definition) is 4. The van der Waals surface area contributed by atoms with Crippen LogP contribution in [0.1, 0.15) is 24.4 Å². The summed E-state index contributed by atoms with van der Waals surface area (Å²) in [7, 11) is 0. The van der Waals surface area contributed by atoms with Gasteiger partial charge in [-0.05, 0) is 24.6 Å². The molecule has 2 aromatic rings. The zero-order valence-electron chi connectivity index (χ0n) is 9.69. The van der Waals surface area contributed by atoms with E-state index in [1.807, 2.05) is 13.0 Å². The number of halogens is 2. The molecule has 1 aromatic carbocycles. The Balaban J connectivity index is 2.02. The Morgan fingerprint density at radius 2 is 2.17 bits per heavy atom. The van der Waals surface area contributed by atoms with Gasteiger partial charge < -0.3 is 10.2 Å². The molecule has 0 fully saturated rings. The van der Waals surface area contributed by atoms with Crippen LogP contribution in [0.15, 0.2) is 27.8 Å². The minimum Gasteiger partial charge on any atom is -0.410 e. The molecule has 96 valence electrons. The van der Waals surface area contributed by atoms with Gasteiger partial charge in [0.15, 0.2) is 6.04 Å². The summed E-state index contributed by atoms with van der Waals surface area (Å²) in [6.45, 7) is 1.90. The Morgan fingerprint density at radius 3 is 2.78 bits per heavy atom. The maximum absolute atomic E-state index is 6.08. The summed E-state index contributed by atoms with van der Waals surface area (Å²) in [5.74, 6) is 1.20. The van der Waals surface area contributed by atoms with Crippen molar-refractivity contribution < 1.29 is 10.2 Å². The Hall–Kier alpha value is -0.750.